The van der Waals surface area contributed by atoms with Crippen LogP contribution >= 0.6 is 0 Å². The number of aromatic nitrogens is 2. The van der Waals surface area contributed by atoms with Crippen LogP contribution in [0.2, 0.25) is 0 Å². The highest BCUT2D eigenvalue weighted by Crippen LogP contribution is 2.23. The highest BCUT2D eigenvalue weighted by Gasteiger charge is 2.24. The van der Waals surface area contributed by atoms with Crippen LogP contribution in [0.5, 0.6) is 0 Å². The second-order valence-electron chi connectivity index (χ2n) is 8.68. The smallest absolute Gasteiger partial charge is 0.271 e. The van der Waals surface area contributed by atoms with Crippen LogP contribution in [0.15, 0.2) is 95.8 Å². The van der Waals surface area contributed by atoms with Crippen molar-refractivity contribution in [2.75, 3.05) is 13.1 Å². The molecule has 2 heterocycles. The fourth-order valence-corrected chi connectivity index (χ4v) is 4.58. The SMILES string of the molecule is O=C(c1ccc(-n2[nH]c(-c3ccccc3)cc2=O)cc1)N1CCC(Cc2ccccc2)CC1. The summed E-state index contributed by atoms with van der Waals surface area (Å²) in [6.07, 6.45) is 3.13. The second-order valence-corrected chi connectivity index (χ2v) is 8.68. The maximum absolute atomic E-state index is 13.0. The number of nitrogens with zero attached hydrogens (tertiary/aromatic N) is 2. The van der Waals surface area contributed by atoms with Crippen LogP contribution in [0.25, 0.3) is 16.9 Å². The van der Waals surface area contributed by atoms with Crippen molar-refractivity contribution in [3.8, 4) is 16.9 Å². The lowest BCUT2D eigenvalue weighted by Crippen LogP contribution is -2.38. The van der Waals surface area contributed by atoms with Gasteiger partial charge in [-0.05, 0) is 60.6 Å². The lowest BCUT2D eigenvalue weighted by atomic mass is 9.90. The van der Waals surface area contributed by atoms with Crippen LogP contribution in [0.4, 0.5) is 0 Å². The maximum atomic E-state index is 13.0. The number of nitrogens with one attached hydrogen (secondary N) is 1. The van der Waals surface area contributed by atoms with Gasteiger partial charge in [-0.2, -0.15) is 0 Å². The topological polar surface area (TPSA) is 58.1 Å². The number of benzene rings is 3. The molecule has 1 saturated heterocycles. The number of H-pyrrole nitrogens is 1. The Morgan fingerprint density at radius 3 is 2.15 bits per heavy atom. The van der Waals surface area contributed by atoms with Gasteiger partial charge in [0.05, 0.1) is 11.4 Å². The zero-order valence-corrected chi connectivity index (χ0v) is 18.5. The van der Waals surface area contributed by atoms with Gasteiger partial charge in [-0.3, -0.25) is 14.7 Å². The van der Waals surface area contributed by atoms with Gasteiger partial charge in [0.15, 0.2) is 0 Å². The number of aromatic amines is 1. The first kappa shape index (κ1) is 21.0. The van der Waals surface area contributed by atoms with Gasteiger partial charge >= 0.3 is 0 Å². The summed E-state index contributed by atoms with van der Waals surface area (Å²) in [4.78, 5) is 27.5. The van der Waals surface area contributed by atoms with Crippen LogP contribution in [-0.4, -0.2) is 33.7 Å². The first-order chi connectivity index (χ1) is 16.2. The molecule has 0 radical (unpaired) electrons. The van der Waals surface area contributed by atoms with Gasteiger partial charge in [0.2, 0.25) is 0 Å². The minimum atomic E-state index is -0.131. The number of hydrogen-bond acceptors (Lipinski definition) is 2. The summed E-state index contributed by atoms with van der Waals surface area (Å²) >= 11 is 0. The molecule has 0 unspecified atom stereocenters. The number of likely N-dealkylation sites (tertiary alicyclic amines) is 1. The lowest BCUT2D eigenvalue weighted by Gasteiger charge is -2.32. The van der Waals surface area contributed by atoms with Crippen molar-refractivity contribution in [1.29, 1.82) is 0 Å². The Balaban J connectivity index is 1.23. The Bertz CT molecular complexity index is 1270. The van der Waals surface area contributed by atoms with Crippen LogP contribution in [0.1, 0.15) is 28.8 Å². The van der Waals surface area contributed by atoms with Crippen molar-refractivity contribution in [3.63, 3.8) is 0 Å². The molecule has 1 amide bonds. The molecule has 166 valence electrons. The molecule has 1 N–H and O–H groups in total. The van der Waals surface area contributed by atoms with Crippen LogP contribution in [0.3, 0.4) is 0 Å². The van der Waals surface area contributed by atoms with Gasteiger partial charge < -0.3 is 4.90 Å². The molecule has 3 aromatic carbocycles. The van der Waals surface area contributed by atoms with Crippen LogP contribution < -0.4 is 5.56 Å². The normalized spacial score (nSPS) is 14.4. The predicted octanol–water partition coefficient (Wildman–Crippen LogP) is 4.93. The lowest BCUT2D eigenvalue weighted by molar-refractivity contribution is 0.0690. The van der Waals surface area contributed by atoms with E-state index in [1.165, 1.54) is 10.2 Å². The second kappa shape index (κ2) is 9.33. The van der Waals surface area contributed by atoms with Gasteiger partial charge in [-0.15, -0.1) is 0 Å². The van der Waals surface area contributed by atoms with Crippen molar-refractivity contribution >= 4 is 5.91 Å². The molecule has 1 aliphatic heterocycles. The highest BCUT2D eigenvalue weighted by molar-refractivity contribution is 5.94. The van der Waals surface area contributed by atoms with Crippen molar-refractivity contribution in [2.24, 2.45) is 5.92 Å². The van der Waals surface area contributed by atoms with E-state index >= 15 is 0 Å². The van der Waals surface area contributed by atoms with E-state index in [2.05, 4.69) is 29.4 Å². The van der Waals surface area contributed by atoms with Crippen LogP contribution in [-0.2, 0) is 6.42 Å². The summed E-state index contributed by atoms with van der Waals surface area (Å²) in [5.41, 5.74) is 4.32. The maximum Gasteiger partial charge on any atom is 0.271 e. The molecule has 0 aliphatic carbocycles. The van der Waals surface area contributed by atoms with Gasteiger partial charge in [0.25, 0.3) is 11.5 Å². The minimum absolute atomic E-state index is 0.0588. The molecule has 1 aliphatic rings. The largest absolute Gasteiger partial charge is 0.339 e. The number of carbonyl (C=O) groups excluding carboxylic acids is 1. The van der Waals surface area contributed by atoms with E-state index < -0.39 is 0 Å². The number of hydrogen-bond donors (Lipinski definition) is 1. The zero-order valence-electron chi connectivity index (χ0n) is 18.5. The highest BCUT2D eigenvalue weighted by atomic mass is 16.2. The number of carbonyl (C=O) groups is 1. The Hall–Kier alpha value is -3.86. The summed E-state index contributed by atoms with van der Waals surface area (Å²) < 4.78 is 1.51. The molecular weight excluding hydrogens is 410 g/mol. The Kier molecular flexibility index (Phi) is 5.94. The summed E-state index contributed by atoms with van der Waals surface area (Å²) in [5, 5.41) is 3.16. The van der Waals surface area contributed by atoms with E-state index in [-0.39, 0.29) is 11.5 Å². The first-order valence-corrected chi connectivity index (χ1v) is 11.5. The molecule has 5 rings (SSSR count). The third-order valence-electron chi connectivity index (χ3n) is 6.45. The van der Waals surface area contributed by atoms with Crippen molar-refractivity contribution in [2.45, 2.75) is 19.3 Å². The molecule has 0 bridgehead atoms. The molecule has 1 aromatic heterocycles. The van der Waals surface area contributed by atoms with E-state index in [0.29, 0.717) is 17.2 Å². The number of rotatable bonds is 5. The number of amides is 1. The van der Waals surface area contributed by atoms with Gasteiger partial charge in [-0.25, -0.2) is 4.68 Å². The molecule has 4 aromatic rings. The van der Waals surface area contributed by atoms with Gasteiger partial charge in [0, 0.05) is 24.7 Å². The average molecular weight is 438 g/mol. The fraction of sp³-hybridized carbons (Fsp3) is 0.214. The fourth-order valence-electron chi connectivity index (χ4n) is 4.58. The Morgan fingerprint density at radius 2 is 1.48 bits per heavy atom. The predicted molar refractivity (Wildman–Crippen MR) is 131 cm³/mol. The van der Waals surface area contributed by atoms with Crippen molar-refractivity contribution < 1.29 is 4.79 Å². The van der Waals surface area contributed by atoms with E-state index in [9.17, 15) is 9.59 Å². The number of piperidine rings is 1. The molecule has 1 fully saturated rings. The molecule has 0 atom stereocenters. The van der Waals surface area contributed by atoms with E-state index in [1.807, 2.05) is 65.6 Å². The average Bonchev–Trinajstić information content (AvgIpc) is 3.27. The van der Waals surface area contributed by atoms with E-state index in [0.717, 1.165) is 43.6 Å². The third kappa shape index (κ3) is 4.67. The summed E-state index contributed by atoms with van der Waals surface area (Å²) in [7, 11) is 0. The van der Waals surface area contributed by atoms with E-state index in [1.54, 1.807) is 6.07 Å². The molecule has 33 heavy (non-hydrogen) atoms. The van der Waals surface area contributed by atoms with Crippen molar-refractivity contribution in [1.82, 2.24) is 14.7 Å². The summed E-state index contributed by atoms with van der Waals surface area (Å²) in [6, 6.07) is 29.2. The first-order valence-electron chi connectivity index (χ1n) is 11.5. The molecule has 5 heteroatoms. The van der Waals surface area contributed by atoms with Crippen LogP contribution in [0, 0.1) is 5.92 Å². The molecule has 0 spiro atoms. The Morgan fingerprint density at radius 1 is 0.848 bits per heavy atom. The van der Waals surface area contributed by atoms with Gasteiger partial charge in [0.1, 0.15) is 0 Å². The minimum Gasteiger partial charge on any atom is -0.339 e. The monoisotopic (exact) mass is 437 g/mol. The Labute approximate surface area is 193 Å². The van der Waals surface area contributed by atoms with E-state index in [4.69, 9.17) is 0 Å². The summed E-state index contributed by atoms with van der Waals surface area (Å²) in [5.74, 6) is 0.681. The van der Waals surface area contributed by atoms with Gasteiger partial charge in [-0.1, -0.05) is 60.7 Å². The third-order valence-corrected chi connectivity index (χ3v) is 6.45. The molecule has 5 nitrogen and oxygen atoms in total. The van der Waals surface area contributed by atoms with Crippen molar-refractivity contribution in [3.05, 3.63) is 112 Å². The molecule has 0 saturated carbocycles. The zero-order chi connectivity index (χ0) is 22.6. The molecular formula is C28H27N3O2. The standard InChI is InChI=1S/C28H27N3O2/c32-27-20-26(23-9-5-2-6-10-23)29-31(27)25-13-11-24(12-14-25)28(33)30-17-15-22(16-18-30)19-21-7-3-1-4-8-21/h1-14,20,22,29H,15-19H2. The quantitative estimate of drug-likeness (QED) is 0.481. The summed E-state index contributed by atoms with van der Waals surface area (Å²) in [6.45, 7) is 1.57.